The second-order valence-corrected chi connectivity index (χ2v) is 19.6. The highest BCUT2D eigenvalue weighted by Crippen LogP contribution is 2.27. The molecule has 0 aliphatic carbocycles. The van der Waals surface area contributed by atoms with Crippen LogP contribution in [0.1, 0.15) is 120 Å². The predicted octanol–water partition coefficient (Wildman–Crippen LogP) is 5.14. The maximum Gasteiger partial charge on any atom is 0.573 e. The maximum absolute atomic E-state index is 14.3. The quantitative estimate of drug-likeness (QED) is 0.0308. The third-order valence-corrected chi connectivity index (χ3v) is 11.9. The smallest absolute Gasteiger partial charge is 0.406 e. The molecule has 1 aromatic carbocycles. The molecule has 0 bridgehead atoms. The topological polar surface area (TPSA) is 208 Å². The number of nitrogens with zero attached hydrogens (tertiary/aromatic N) is 3. The molecular formula is C47H78F3N7O10. The lowest BCUT2D eigenvalue weighted by Gasteiger charge is -2.35. The van der Waals surface area contributed by atoms with Gasteiger partial charge in [-0.1, -0.05) is 86.3 Å². The van der Waals surface area contributed by atoms with E-state index in [1.165, 1.54) is 18.6 Å². The number of rotatable bonds is 29. The Morgan fingerprint density at radius 2 is 1.33 bits per heavy atom. The van der Waals surface area contributed by atoms with Gasteiger partial charge in [0.05, 0.1) is 36.6 Å². The molecule has 1 heterocycles. The van der Waals surface area contributed by atoms with E-state index in [1.54, 1.807) is 41.5 Å². The van der Waals surface area contributed by atoms with Crippen molar-refractivity contribution in [2.45, 2.75) is 157 Å². The Bertz CT molecular complexity index is 1690. The fourth-order valence-corrected chi connectivity index (χ4v) is 7.72. The number of hydrogen-bond acceptors (Lipinski definition) is 11. The zero-order valence-electron chi connectivity index (χ0n) is 41.2. The number of benzene rings is 1. The molecule has 1 aliphatic heterocycles. The zero-order valence-corrected chi connectivity index (χ0v) is 41.2. The summed E-state index contributed by atoms with van der Waals surface area (Å²) in [5, 5.41) is 22.9. The van der Waals surface area contributed by atoms with Gasteiger partial charge < -0.3 is 35.6 Å². The van der Waals surface area contributed by atoms with Crippen molar-refractivity contribution in [1.29, 1.82) is 0 Å². The minimum Gasteiger partial charge on any atom is -0.406 e. The molecule has 1 aliphatic rings. The molecule has 17 nitrogen and oxygen atoms in total. The molecule has 67 heavy (non-hydrogen) atoms. The van der Waals surface area contributed by atoms with Crippen LogP contribution in [0.15, 0.2) is 24.3 Å². The Hall–Kier alpha value is -4.53. The molecule has 0 radical (unpaired) electrons. The van der Waals surface area contributed by atoms with E-state index < -0.39 is 82.8 Å². The summed E-state index contributed by atoms with van der Waals surface area (Å²) in [6.07, 6.45) is 1.27. The minimum absolute atomic E-state index is 0.0145. The first-order valence-corrected chi connectivity index (χ1v) is 23.5. The van der Waals surface area contributed by atoms with Crippen LogP contribution >= 0.6 is 0 Å². The fraction of sp³-hybridized carbons (Fsp3) is 0.745. The van der Waals surface area contributed by atoms with Gasteiger partial charge in [-0.2, -0.15) is 0 Å². The van der Waals surface area contributed by atoms with Crippen LogP contribution in [0.25, 0.3) is 0 Å². The molecular weight excluding hydrogens is 880 g/mol. The fourth-order valence-electron chi connectivity index (χ4n) is 7.72. The van der Waals surface area contributed by atoms with Crippen LogP contribution in [0.3, 0.4) is 0 Å². The molecule has 2 rings (SSSR count). The summed E-state index contributed by atoms with van der Waals surface area (Å²) in [5.74, 6) is -4.18. The molecule has 1 saturated heterocycles. The van der Waals surface area contributed by atoms with Crippen molar-refractivity contribution in [2.24, 2.45) is 22.7 Å². The van der Waals surface area contributed by atoms with Crippen LogP contribution in [0.4, 0.5) is 13.2 Å². The van der Waals surface area contributed by atoms with Crippen molar-refractivity contribution < 1.29 is 61.5 Å². The summed E-state index contributed by atoms with van der Waals surface area (Å²) >= 11 is 0. The Morgan fingerprint density at radius 3 is 1.84 bits per heavy atom. The number of hydrogen-bond donors (Lipinski definition) is 5. The van der Waals surface area contributed by atoms with Gasteiger partial charge in [-0.05, 0) is 88.1 Å². The standard InChI is InChI=1S/C47H78F3N7O10/c1-11-12-14-17-37(33(3)56(64)30-58)41(60)53-40(46(8,9)10)44(63)52-23-27-65-32(2)29-66-57(31-59)34(4)38(28-35-18-20-36(21-19-35)67-47(48,49)50)42(61)54-39(45(5,6)7)43(62)51-22-26-55-24-15-13-16-25-55/h18-21,30-34,37-40,64H,11-17,22-29H2,1-10H3,(H,51,62)(H,52,63)(H,53,60)(H,54,61). The largest absolute Gasteiger partial charge is 0.573 e. The number of halogens is 3. The highest BCUT2D eigenvalue weighted by Gasteiger charge is 2.39. The SMILES string of the molecule is CCCCCC(C(=O)NC(C(=O)NCCOC(C)CON(C=O)C(C)C(Cc1ccc(OC(F)(F)F)cc1)C(=O)NC(C(=O)NCCN1CCCCC1)C(C)(C)C)C(C)(C)C)C(C)N(O)C=O. The first-order valence-electron chi connectivity index (χ1n) is 23.5. The van der Waals surface area contributed by atoms with E-state index in [0.717, 1.165) is 56.0 Å². The first-order chi connectivity index (χ1) is 31.3. The van der Waals surface area contributed by atoms with E-state index in [4.69, 9.17) is 9.57 Å². The number of hydroxylamine groups is 4. The summed E-state index contributed by atoms with van der Waals surface area (Å²) in [6, 6.07) is 1.27. The summed E-state index contributed by atoms with van der Waals surface area (Å²) < 4.78 is 48.5. The molecule has 7 unspecified atom stereocenters. The normalized spacial score (nSPS) is 16.8. The second-order valence-electron chi connectivity index (χ2n) is 19.6. The molecule has 5 N–H and O–H groups in total. The van der Waals surface area contributed by atoms with Crippen LogP contribution in [0, 0.1) is 22.7 Å². The molecule has 7 atom stereocenters. The van der Waals surface area contributed by atoms with Crippen molar-refractivity contribution in [2.75, 3.05) is 45.9 Å². The minimum atomic E-state index is -4.90. The highest BCUT2D eigenvalue weighted by atomic mass is 19.4. The molecule has 0 spiro atoms. The van der Waals surface area contributed by atoms with Gasteiger partial charge in [0.2, 0.25) is 36.4 Å². The number of nitrogens with one attached hydrogen (secondary N) is 4. The van der Waals surface area contributed by atoms with Gasteiger partial charge in [-0.25, -0.2) is 10.1 Å². The molecule has 0 aromatic heterocycles. The van der Waals surface area contributed by atoms with Crippen LogP contribution in [0.5, 0.6) is 5.75 Å². The van der Waals surface area contributed by atoms with Crippen LogP contribution < -0.4 is 26.0 Å². The molecule has 382 valence electrons. The van der Waals surface area contributed by atoms with Crippen LogP contribution in [0.2, 0.25) is 0 Å². The number of amides is 6. The lowest BCUT2D eigenvalue weighted by Crippen LogP contribution is -2.57. The maximum atomic E-state index is 14.3. The van der Waals surface area contributed by atoms with E-state index in [0.29, 0.717) is 43.0 Å². The van der Waals surface area contributed by atoms with Crippen molar-refractivity contribution in [3.8, 4) is 5.75 Å². The second kappa shape index (κ2) is 28.1. The number of ether oxygens (including phenoxy) is 2. The van der Waals surface area contributed by atoms with Crippen molar-refractivity contribution in [1.82, 2.24) is 36.3 Å². The van der Waals surface area contributed by atoms with Gasteiger partial charge in [0.15, 0.2) is 0 Å². The van der Waals surface area contributed by atoms with E-state index in [-0.39, 0.29) is 38.5 Å². The Morgan fingerprint density at radius 1 is 0.776 bits per heavy atom. The van der Waals surface area contributed by atoms with Crippen LogP contribution in [-0.2, 0) is 44.8 Å². The monoisotopic (exact) mass is 958 g/mol. The van der Waals surface area contributed by atoms with E-state index in [9.17, 15) is 47.1 Å². The van der Waals surface area contributed by atoms with Gasteiger partial charge in [0.1, 0.15) is 24.4 Å². The van der Waals surface area contributed by atoms with Gasteiger partial charge >= 0.3 is 6.36 Å². The molecule has 6 amide bonds. The van der Waals surface area contributed by atoms with Gasteiger partial charge in [0, 0.05) is 19.6 Å². The number of unbranched alkanes of at least 4 members (excludes halogenated alkanes) is 2. The molecule has 0 saturated carbocycles. The Kier molecular flexibility index (Phi) is 24.6. The first kappa shape index (κ1) is 58.6. The summed E-state index contributed by atoms with van der Waals surface area (Å²) in [5.41, 5.74) is -1.00. The van der Waals surface area contributed by atoms with Crippen LogP contribution in [-0.4, -0.2) is 139 Å². The third-order valence-electron chi connectivity index (χ3n) is 11.9. The van der Waals surface area contributed by atoms with Gasteiger partial charge in [0.25, 0.3) is 0 Å². The number of carbonyl (C=O) groups is 6. The van der Waals surface area contributed by atoms with Gasteiger partial charge in [-0.15, -0.1) is 13.2 Å². The zero-order chi connectivity index (χ0) is 50.5. The average Bonchev–Trinajstić information content (AvgIpc) is 3.25. The van der Waals surface area contributed by atoms with E-state index in [2.05, 4.69) is 30.9 Å². The molecule has 1 fully saturated rings. The predicted molar refractivity (Wildman–Crippen MR) is 245 cm³/mol. The third kappa shape index (κ3) is 21.1. The average molecular weight is 958 g/mol. The van der Waals surface area contributed by atoms with Crippen molar-refractivity contribution >= 4 is 36.4 Å². The van der Waals surface area contributed by atoms with E-state index in [1.807, 2.05) is 27.7 Å². The number of carbonyl (C=O) groups excluding carboxylic acids is 6. The van der Waals surface area contributed by atoms with Gasteiger partial charge in [-0.3, -0.25) is 38.8 Å². The Balaban J connectivity index is 2.15. The highest BCUT2D eigenvalue weighted by molar-refractivity contribution is 5.90. The number of likely N-dealkylation sites (tertiary alicyclic amines) is 1. The summed E-state index contributed by atoms with van der Waals surface area (Å²) in [6.45, 7) is 20.5. The lowest BCUT2D eigenvalue weighted by molar-refractivity contribution is -0.274. The lowest BCUT2D eigenvalue weighted by atomic mass is 9.84. The van der Waals surface area contributed by atoms with Crippen molar-refractivity contribution in [3.63, 3.8) is 0 Å². The molecule has 20 heteroatoms. The summed E-state index contributed by atoms with van der Waals surface area (Å²) in [7, 11) is 0. The Labute approximate surface area is 394 Å². The number of alkyl halides is 3. The van der Waals surface area contributed by atoms with E-state index >= 15 is 0 Å². The van der Waals surface area contributed by atoms with Crippen molar-refractivity contribution in [3.05, 3.63) is 29.8 Å². The summed E-state index contributed by atoms with van der Waals surface area (Å²) in [4.78, 5) is 86.8. The molecule has 1 aromatic rings. The number of piperidine rings is 1.